The number of hydrogen-bond donors (Lipinski definition) is 2. The molecule has 0 spiro atoms. The van der Waals surface area contributed by atoms with Crippen LogP contribution in [-0.4, -0.2) is 20.9 Å². The van der Waals surface area contributed by atoms with Crippen molar-refractivity contribution in [2.24, 2.45) is 0 Å². The average Bonchev–Trinajstić information content (AvgIpc) is 3.52. The normalized spacial score (nSPS) is 14.6. The standard InChI is InChI=1S/C21H20N4O2/c1-13-4-2-3-5-16(13)18(14-8-10-22-11-9-14)24-20(26)17-12-23-19(15-6-7-15)25-21(17)27/h2-5,8-12,15,18H,6-7H2,1H3,(H,24,26)(H,23,25,27). The molecule has 0 saturated heterocycles. The molecule has 4 rings (SSSR count). The molecular formula is C21H20N4O2. The van der Waals surface area contributed by atoms with E-state index in [1.807, 2.05) is 43.3 Å². The summed E-state index contributed by atoms with van der Waals surface area (Å²) in [6.07, 6.45) is 6.82. The van der Waals surface area contributed by atoms with E-state index in [9.17, 15) is 9.59 Å². The minimum absolute atomic E-state index is 0.0204. The molecule has 0 radical (unpaired) electrons. The van der Waals surface area contributed by atoms with Crippen LogP contribution < -0.4 is 10.9 Å². The highest BCUT2D eigenvalue weighted by Crippen LogP contribution is 2.37. The van der Waals surface area contributed by atoms with Gasteiger partial charge in [0.25, 0.3) is 11.5 Å². The lowest BCUT2D eigenvalue weighted by Crippen LogP contribution is -2.34. The fourth-order valence-electron chi connectivity index (χ4n) is 3.15. The maximum absolute atomic E-state index is 12.8. The average molecular weight is 360 g/mol. The number of aromatic nitrogens is 3. The number of aromatic amines is 1. The van der Waals surface area contributed by atoms with E-state index in [1.54, 1.807) is 12.4 Å². The Kier molecular flexibility index (Phi) is 4.54. The van der Waals surface area contributed by atoms with Gasteiger partial charge in [0.15, 0.2) is 0 Å². The van der Waals surface area contributed by atoms with E-state index in [1.165, 1.54) is 6.20 Å². The Bertz CT molecular complexity index is 1030. The van der Waals surface area contributed by atoms with E-state index in [2.05, 4.69) is 20.3 Å². The first-order chi connectivity index (χ1) is 13.1. The summed E-state index contributed by atoms with van der Waals surface area (Å²) in [6, 6.07) is 11.2. The molecule has 0 aliphatic heterocycles. The molecule has 6 nitrogen and oxygen atoms in total. The van der Waals surface area contributed by atoms with Crippen molar-refractivity contribution < 1.29 is 4.79 Å². The number of amides is 1. The highest BCUT2D eigenvalue weighted by atomic mass is 16.2. The predicted octanol–water partition coefficient (Wildman–Crippen LogP) is 2.87. The minimum Gasteiger partial charge on any atom is -0.341 e. The number of rotatable bonds is 5. The molecule has 136 valence electrons. The number of benzene rings is 1. The summed E-state index contributed by atoms with van der Waals surface area (Å²) in [4.78, 5) is 36.3. The number of nitrogens with zero attached hydrogens (tertiary/aromatic N) is 2. The van der Waals surface area contributed by atoms with Crippen LogP contribution in [0.3, 0.4) is 0 Å². The lowest BCUT2D eigenvalue weighted by molar-refractivity contribution is 0.0941. The van der Waals surface area contributed by atoms with Crippen LogP contribution in [-0.2, 0) is 0 Å². The maximum Gasteiger partial charge on any atom is 0.263 e. The van der Waals surface area contributed by atoms with Gasteiger partial charge in [-0.25, -0.2) is 4.98 Å². The van der Waals surface area contributed by atoms with Gasteiger partial charge in [0.05, 0.1) is 6.04 Å². The molecule has 1 atom stereocenters. The largest absolute Gasteiger partial charge is 0.341 e. The minimum atomic E-state index is -0.448. The van der Waals surface area contributed by atoms with Crippen molar-refractivity contribution in [2.75, 3.05) is 0 Å². The number of hydrogen-bond acceptors (Lipinski definition) is 4. The van der Waals surface area contributed by atoms with Gasteiger partial charge in [-0.1, -0.05) is 24.3 Å². The monoisotopic (exact) mass is 360 g/mol. The molecule has 1 saturated carbocycles. The predicted molar refractivity (Wildman–Crippen MR) is 102 cm³/mol. The van der Waals surface area contributed by atoms with Gasteiger partial charge in [0, 0.05) is 24.5 Å². The van der Waals surface area contributed by atoms with E-state index < -0.39 is 11.5 Å². The van der Waals surface area contributed by atoms with Crippen LogP contribution in [0.25, 0.3) is 0 Å². The molecule has 3 aromatic rings. The fraction of sp³-hybridized carbons (Fsp3) is 0.238. The highest BCUT2D eigenvalue weighted by Gasteiger charge is 2.27. The number of carbonyl (C=O) groups excluding carboxylic acids is 1. The van der Waals surface area contributed by atoms with Crippen LogP contribution in [0.5, 0.6) is 0 Å². The molecule has 27 heavy (non-hydrogen) atoms. The third kappa shape index (κ3) is 3.65. The Balaban J connectivity index is 1.66. The van der Waals surface area contributed by atoms with E-state index >= 15 is 0 Å². The van der Waals surface area contributed by atoms with Crippen LogP contribution in [0.1, 0.15) is 57.7 Å². The van der Waals surface area contributed by atoms with Crippen molar-refractivity contribution in [2.45, 2.75) is 31.7 Å². The molecule has 2 heterocycles. The summed E-state index contributed by atoms with van der Waals surface area (Å²) in [5, 5.41) is 2.99. The quantitative estimate of drug-likeness (QED) is 0.732. The maximum atomic E-state index is 12.8. The molecule has 1 unspecified atom stereocenters. The summed E-state index contributed by atoms with van der Waals surface area (Å²) in [7, 11) is 0. The molecule has 1 aliphatic rings. The van der Waals surface area contributed by atoms with Gasteiger partial charge in [0.2, 0.25) is 0 Å². The second kappa shape index (κ2) is 7.15. The zero-order chi connectivity index (χ0) is 18.8. The highest BCUT2D eigenvalue weighted by molar-refractivity contribution is 5.94. The second-order valence-corrected chi connectivity index (χ2v) is 6.83. The van der Waals surface area contributed by atoms with Gasteiger partial charge in [0.1, 0.15) is 11.4 Å². The molecule has 1 aliphatic carbocycles. The molecule has 0 bridgehead atoms. The van der Waals surface area contributed by atoms with Gasteiger partial charge >= 0.3 is 0 Å². The first-order valence-corrected chi connectivity index (χ1v) is 8.99. The molecular weight excluding hydrogens is 340 g/mol. The fourth-order valence-corrected chi connectivity index (χ4v) is 3.15. The van der Waals surface area contributed by atoms with Gasteiger partial charge in [-0.2, -0.15) is 0 Å². The van der Waals surface area contributed by atoms with Crippen LogP contribution in [0.2, 0.25) is 0 Å². The third-order valence-electron chi connectivity index (χ3n) is 4.84. The van der Waals surface area contributed by atoms with Crippen molar-refractivity contribution in [3.05, 3.63) is 93.4 Å². The number of aryl methyl sites for hydroxylation is 1. The lowest BCUT2D eigenvalue weighted by atomic mass is 9.95. The summed E-state index contributed by atoms with van der Waals surface area (Å²) in [5.41, 5.74) is 2.54. The van der Waals surface area contributed by atoms with Crippen LogP contribution in [0, 0.1) is 6.92 Å². The Morgan fingerprint density at radius 1 is 1.19 bits per heavy atom. The van der Waals surface area contributed by atoms with Crippen molar-refractivity contribution in [3.8, 4) is 0 Å². The molecule has 1 fully saturated rings. The Hall–Kier alpha value is -3.28. The lowest BCUT2D eigenvalue weighted by Gasteiger charge is -2.21. The molecule has 1 aromatic carbocycles. The molecule has 1 amide bonds. The molecule has 2 aromatic heterocycles. The van der Waals surface area contributed by atoms with E-state index in [0.717, 1.165) is 29.5 Å². The van der Waals surface area contributed by atoms with Crippen molar-refractivity contribution in [1.82, 2.24) is 20.3 Å². The van der Waals surface area contributed by atoms with Crippen molar-refractivity contribution >= 4 is 5.91 Å². The van der Waals surface area contributed by atoms with Crippen LogP contribution >= 0.6 is 0 Å². The Morgan fingerprint density at radius 2 is 1.93 bits per heavy atom. The summed E-state index contributed by atoms with van der Waals surface area (Å²) >= 11 is 0. The second-order valence-electron chi connectivity index (χ2n) is 6.83. The Morgan fingerprint density at radius 3 is 2.59 bits per heavy atom. The number of nitrogens with one attached hydrogen (secondary N) is 2. The number of pyridine rings is 1. The van der Waals surface area contributed by atoms with Crippen molar-refractivity contribution in [3.63, 3.8) is 0 Å². The first-order valence-electron chi connectivity index (χ1n) is 8.99. The topological polar surface area (TPSA) is 87.7 Å². The molecule has 6 heteroatoms. The first kappa shape index (κ1) is 17.1. The van der Waals surface area contributed by atoms with E-state index in [-0.39, 0.29) is 11.6 Å². The summed E-state index contributed by atoms with van der Waals surface area (Å²) < 4.78 is 0. The number of carbonyl (C=O) groups is 1. The number of H-pyrrole nitrogens is 1. The van der Waals surface area contributed by atoms with Crippen LogP contribution in [0.4, 0.5) is 0 Å². The van der Waals surface area contributed by atoms with Gasteiger partial charge in [-0.05, 0) is 48.6 Å². The summed E-state index contributed by atoms with van der Waals surface area (Å²) in [6.45, 7) is 1.99. The summed E-state index contributed by atoms with van der Waals surface area (Å²) in [5.74, 6) is 0.545. The van der Waals surface area contributed by atoms with Gasteiger partial charge in [-0.3, -0.25) is 14.6 Å². The SMILES string of the molecule is Cc1ccccc1C(NC(=O)c1cnc(C2CC2)[nH]c1=O)c1ccncc1. The van der Waals surface area contributed by atoms with Crippen LogP contribution in [0.15, 0.2) is 59.8 Å². The van der Waals surface area contributed by atoms with Gasteiger partial charge < -0.3 is 10.3 Å². The Labute approximate surface area is 156 Å². The molecule has 2 N–H and O–H groups in total. The third-order valence-corrected chi connectivity index (χ3v) is 4.84. The zero-order valence-corrected chi connectivity index (χ0v) is 15.0. The zero-order valence-electron chi connectivity index (χ0n) is 15.0. The van der Waals surface area contributed by atoms with E-state index in [0.29, 0.717) is 11.7 Å². The smallest absolute Gasteiger partial charge is 0.263 e. The van der Waals surface area contributed by atoms with E-state index in [4.69, 9.17) is 0 Å². The van der Waals surface area contributed by atoms with Gasteiger partial charge in [-0.15, -0.1) is 0 Å². The van der Waals surface area contributed by atoms with Crippen molar-refractivity contribution in [1.29, 1.82) is 0 Å².